The van der Waals surface area contributed by atoms with Crippen molar-refractivity contribution in [2.75, 3.05) is 0 Å². The molecule has 2 aromatic rings. The molecule has 0 atom stereocenters. The first-order valence-corrected chi connectivity index (χ1v) is 5.41. The fourth-order valence-electron chi connectivity index (χ4n) is 2.23. The summed E-state index contributed by atoms with van der Waals surface area (Å²) in [5, 5.41) is 3.17. The molecular weight excluding hydrogens is 245 g/mol. The second-order valence-corrected chi connectivity index (χ2v) is 4.27. The molecule has 1 aliphatic heterocycles. The summed E-state index contributed by atoms with van der Waals surface area (Å²) in [5.74, 6) is -0.125. The number of benzene rings is 1. The van der Waals surface area contributed by atoms with Crippen LogP contribution in [-0.2, 0) is 24.1 Å². The van der Waals surface area contributed by atoms with Crippen LogP contribution in [0.5, 0.6) is 0 Å². The Morgan fingerprint density at radius 1 is 1.22 bits per heavy atom. The Hall–Kier alpha value is -1.98. The highest BCUT2D eigenvalue weighted by Crippen LogP contribution is 2.32. The molecule has 1 aliphatic rings. The van der Waals surface area contributed by atoms with Crippen LogP contribution >= 0.6 is 0 Å². The zero-order valence-electron chi connectivity index (χ0n) is 9.21. The molecule has 0 aliphatic carbocycles. The van der Waals surface area contributed by atoms with Crippen LogP contribution in [0.4, 0.5) is 13.2 Å². The van der Waals surface area contributed by atoms with Crippen molar-refractivity contribution in [2.24, 2.45) is 0 Å². The van der Waals surface area contributed by atoms with Gasteiger partial charge in [-0.3, -0.25) is 4.79 Å². The minimum Gasteiger partial charge on any atom is -0.349 e. The zero-order valence-corrected chi connectivity index (χ0v) is 9.21. The molecule has 0 spiro atoms. The van der Waals surface area contributed by atoms with Gasteiger partial charge in [-0.2, -0.15) is 13.2 Å². The molecule has 6 heteroatoms. The third-order valence-electron chi connectivity index (χ3n) is 3.08. The van der Waals surface area contributed by atoms with Crippen LogP contribution < -0.4 is 5.32 Å². The summed E-state index contributed by atoms with van der Waals surface area (Å²) in [7, 11) is 0. The molecule has 0 radical (unpaired) electrons. The number of fused-ring (bicyclic) bond motifs is 3. The van der Waals surface area contributed by atoms with Crippen molar-refractivity contribution in [3.05, 3.63) is 35.5 Å². The van der Waals surface area contributed by atoms with E-state index in [1.165, 1.54) is 6.07 Å². The number of hydrogen-bond acceptors (Lipinski definition) is 1. The van der Waals surface area contributed by atoms with E-state index < -0.39 is 11.7 Å². The number of halogens is 3. The predicted octanol–water partition coefficient (Wildman–Crippen LogP) is 2.29. The molecule has 2 heterocycles. The third kappa shape index (κ3) is 1.64. The molecular formula is C12H9F3N2O. The molecule has 1 aromatic carbocycles. The highest BCUT2D eigenvalue weighted by atomic mass is 19.4. The molecule has 3 rings (SSSR count). The van der Waals surface area contributed by atoms with Gasteiger partial charge in [0.25, 0.3) is 0 Å². The summed E-state index contributed by atoms with van der Waals surface area (Å²) in [6.07, 6.45) is -4.34. The van der Waals surface area contributed by atoms with Crippen LogP contribution in [0.3, 0.4) is 0 Å². The second-order valence-electron chi connectivity index (χ2n) is 4.27. The SMILES string of the molecule is O=C1Cn2c(cc3cc(C(F)(F)F)ccc32)CN1. The van der Waals surface area contributed by atoms with E-state index >= 15 is 0 Å². The molecule has 18 heavy (non-hydrogen) atoms. The number of carbonyl (C=O) groups is 1. The maximum atomic E-state index is 12.6. The minimum absolute atomic E-state index is 0.125. The largest absolute Gasteiger partial charge is 0.416 e. The van der Waals surface area contributed by atoms with Gasteiger partial charge >= 0.3 is 6.18 Å². The smallest absolute Gasteiger partial charge is 0.349 e. The van der Waals surface area contributed by atoms with Gasteiger partial charge in [-0.25, -0.2) is 0 Å². The van der Waals surface area contributed by atoms with Crippen molar-refractivity contribution in [3.63, 3.8) is 0 Å². The fourth-order valence-corrected chi connectivity index (χ4v) is 2.23. The molecule has 0 bridgehead atoms. The van der Waals surface area contributed by atoms with Crippen LogP contribution in [0, 0.1) is 0 Å². The first kappa shape index (κ1) is 11.1. The van der Waals surface area contributed by atoms with Crippen molar-refractivity contribution in [1.82, 2.24) is 9.88 Å². The monoisotopic (exact) mass is 254 g/mol. The van der Waals surface area contributed by atoms with Gasteiger partial charge in [0.15, 0.2) is 0 Å². The van der Waals surface area contributed by atoms with Crippen molar-refractivity contribution < 1.29 is 18.0 Å². The maximum absolute atomic E-state index is 12.6. The quantitative estimate of drug-likeness (QED) is 0.769. The first-order valence-electron chi connectivity index (χ1n) is 5.41. The van der Waals surface area contributed by atoms with Crippen molar-refractivity contribution in [3.8, 4) is 0 Å². The lowest BCUT2D eigenvalue weighted by molar-refractivity contribution is -0.137. The van der Waals surface area contributed by atoms with Crippen LogP contribution in [0.25, 0.3) is 10.9 Å². The minimum atomic E-state index is -4.34. The van der Waals surface area contributed by atoms with Gasteiger partial charge in [0.2, 0.25) is 5.91 Å². The predicted molar refractivity (Wildman–Crippen MR) is 58.8 cm³/mol. The van der Waals surface area contributed by atoms with Gasteiger partial charge in [0.05, 0.1) is 12.1 Å². The Bertz CT molecular complexity index is 643. The molecule has 1 amide bonds. The Balaban J connectivity index is 2.18. The van der Waals surface area contributed by atoms with Crippen molar-refractivity contribution >= 4 is 16.8 Å². The lowest BCUT2D eigenvalue weighted by atomic mass is 10.1. The van der Waals surface area contributed by atoms with Crippen molar-refractivity contribution in [1.29, 1.82) is 0 Å². The van der Waals surface area contributed by atoms with E-state index in [0.717, 1.165) is 17.8 Å². The average molecular weight is 254 g/mol. The molecule has 1 N–H and O–H groups in total. The number of hydrogen-bond donors (Lipinski definition) is 1. The normalized spacial score (nSPS) is 15.6. The highest BCUT2D eigenvalue weighted by Gasteiger charge is 2.31. The van der Waals surface area contributed by atoms with Gasteiger partial charge < -0.3 is 9.88 Å². The van der Waals surface area contributed by atoms with Crippen LogP contribution in [0.2, 0.25) is 0 Å². The standard InChI is InChI=1S/C12H9F3N2O/c13-12(14,15)8-1-2-10-7(3-8)4-9-5-16-11(18)6-17(9)10/h1-4H,5-6H2,(H,16,18). The summed E-state index contributed by atoms with van der Waals surface area (Å²) < 4.78 is 39.5. The molecule has 0 saturated heterocycles. The summed E-state index contributed by atoms with van der Waals surface area (Å²) in [4.78, 5) is 11.3. The van der Waals surface area contributed by atoms with E-state index in [-0.39, 0.29) is 12.5 Å². The molecule has 3 nitrogen and oxygen atoms in total. The maximum Gasteiger partial charge on any atom is 0.416 e. The molecule has 0 fully saturated rings. The second kappa shape index (κ2) is 3.51. The number of carbonyl (C=O) groups excluding carboxylic acids is 1. The lowest BCUT2D eigenvalue weighted by Crippen LogP contribution is -2.33. The molecule has 0 saturated carbocycles. The number of rotatable bonds is 0. The topological polar surface area (TPSA) is 34.0 Å². The molecule has 1 aromatic heterocycles. The Morgan fingerprint density at radius 2 is 2.00 bits per heavy atom. The molecule has 94 valence electrons. The number of amides is 1. The number of aromatic nitrogens is 1. The number of alkyl halides is 3. The van der Waals surface area contributed by atoms with Gasteiger partial charge in [0.1, 0.15) is 6.54 Å². The Morgan fingerprint density at radius 3 is 2.72 bits per heavy atom. The third-order valence-corrected chi connectivity index (χ3v) is 3.08. The first-order chi connectivity index (χ1) is 8.45. The molecule has 0 unspecified atom stereocenters. The summed E-state index contributed by atoms with van der Waals surface area (Å²) in [6, 6.07) is 5.26. The van der Waals surface area contributed by atoms with Gasteiger partial charge in [-0.15, -0.1) is 0 Å². The van der Waals surface area contributed by atoms with Crippen molar-refractivity contribution in [2.45, 2.75) is 19.3 Å². The number of nitrogens with one attached hydrogen (secondary N) is 1. The van der Waals surface area contributed by atoms with Gasteiger partial charge in [-0.1, -0.05) is 0 Å². The summed E-state index contributed by atoms with van der Waals surface area (Å²) in [5.41, 5.74) is 0.814. The average Bonchev–Trinajstić information content (AvgIpc) is 2.65. The van der Waals surface area contributed by atoms with Gasteiger partial charge in [0, 0.05) is 16.6 Å². The summed E-state index contributed by atoms with van der Waals surface area (Å²) in [6.45, 7) is 0.513. The van der Waals surface area contributed by atoms with E-state index in [0.29, 0.717) is 17.4 Å². The highest BCUT2D eigenvalue weighted by molar-refractivity contribution is 5.86. The fraction of sp³-hybridized carbons (Fsp3) is 0.250. The lowest BCUT2D eigenvalue weighted by Gasteiger charge is -2.16. The number of nitrogens with zero attached hydrogens (tertiary/aromatic N) is 1. The van der Waals surface area contributed by atoms with E-state index in [4.69, 9.17) is 0 Å². The summed E-state index contributed by atoms with van der Waals surface area (Å²) >= 11 is 0. The van der Waals surface area contributed by atoms with E-state index in [9.17, 15) is 18.0 Å². The zero-order chi connectivity index (χ0) is 12.9. The Labute approximate surface area is 100 Å². The van der Waals surface area contributed by atoms with Crippen LogP contribution in [0.15, 0.2) is 24.3 Å². The van der Waals surface area contributed by atoms with Gasteiger partial charge in [-0.05, 0) is 24.3 Å². The van der Waals surface area contributed by atoms with E-state index in [1.807, 2.05) is 0 Å². The van der Waals surface area contributed by atoms with E-state index in [1.54, 1.807) is 10.6 Å². The van der Waals surface area contributed by atoms with Crippen LogP contribution in [-0.4, -0.2) is 10.5 Å². The van der Waals surface area contributed by atoms with E-state index in [2.05, 4.69) is 5.32 Å². The Kier molecular flexibility index (Phi) is 2.17. The van der Waals surface area contributed by atoms with Crippen LogP contribution in [0.1, 0.15) is 11.3 Å².